The Morgan fingerprint density at radius 1 is 0.293 bits per heavy atom. The molecule has 2 nitrogen and oxygen atoms in total. The fourth-order valence-electron chi connectivity index (χ4n) is 8.53. The zero-order valence-electron chi connectivity index (χ0n) is 31.7. The molecule has 11 rings (SSSR count). The third-order valence-electron chi connectivity index (χ3n) is 11.4. The van der Waals surface area contributed by atoms with Gasteiger partial charge in [0, 0.05) is 22.1 Å². The molecule has 0 aliphatic carbocycles. The first-order valence-electron chi connectivity index (χ1n) is 19.8. The molecule has 0 saturated carbocycles. The van der Waals surface area contributed by atoms with Crippen molar-refractivity contribution in [1.82, 2.24) is 0 Å². The van der Waals surface area contributed by atoms with Gasteiger partial charge in [-0.1, -0.05) is 158 Å². The Balaban J connectivity index is 1.08. The van der Waals surface area contributed by atoms with E-state index in [1.807, 2.05) is 0 Å². The third-order valence-corrected chi connectivity index (χ3v) is 11.4. The molecular weight excluding hydrogens is 703 g/mol. The molecule has 0 unspecified atom stereocenters. The van der Waals surface area contributed by atoms with Gasteiger partial charge in [0.25, 0.3) is 0 Å². The Hall–Kier alpha value is -7.68. The number of furan rings is 1. The summed E-state index contributed by atoms with van der Waals surface area (Å²) < 4.78 is 6.71. The van der Waals surface area contributed by atoms with Crippen molar-refractivity contribution in [2.75, 3.05) is 4.90 Å². The highest BCUT2D eigenvalue weighted by atomic mass is 16.3. The summed E-state index contributed by atoms with van der Waals surface area (Å²) in [6.45, 7) is 0. The predicted octanol–water partition coefficient (Wildman–Crippen LogP) is 16.0. The highest BCUT2D eigenvalue weighted by Crippen LogP contribution is 2.45. The van der Waals surface area contributed by atoms with Crippen LogP contribution >= 0.6 is 0 Å². The Morgan fingerprint density at radius 2 is 0.845 bits per heavy atom. The lowest BCUT2D eigenvalue weighted by molar-refractivity contribution is 0.672. The Labute approximate surface area is 337 Å². The fraction of sp³-hybridized carbons (Fsp3) is 0. The predicted molar refractivity (Wildman–Crippen MR) is 245 cm³/mol. The summed E-state index contributed by atoms with van der Waals surface area (Å²) in [5.74, 6) is 0. The van der Waals surface area contributed by atoms with Crippen LogP contribution in [0.15, 0.2) is 229 Å². The van der Waals surface area contributed by atoms with E-state index in [9.17, 15) is 0 Å². The average molecular weight is 740 g/mol. The second-order valence-electron chi connectivity index (χ2n) is 14.9. The van der Waals surface area contributed by atoms with Crippen LogP contribution in [0.3, 0.4) is 0 Å². The molecule has 0 aliphatic rings. The molecule has 0 fully saturated rings. The molecule has 0 bridgehead atoms. The summed E-state index contributed by atoms with van der Waals surface area (Å²) >= 11 is 0. The van der Waals surface area contributed by atoms with Gasteiger partial charge < -0.3 is 9.32 Å². The van der Waals surface area contributed by atoms with E-state index >= 15 is 0 Å². The van der Waals surface area contributed by atoms with Crippen LogP contribution in [0.25, 0.3) is 88.0 Å². The van der Waals surface area contributed by atoms with Gasteiger partial charge in [-0.2, -0.15) is 0 Å². The number of hydrogen-bond donors (Lipinski definition) is 0. The smallest absolute Gasteiger partial charge is 0.143 e. The van der Waals surface area contributed by atoms with Crippen molar-refractivity contribution < 1.29 is 4.42 Å². The summed E-state index contributed by atoms with van der Waals surface area (Å²) in [5, 5.41) is 6.93. The first-order chi connectivity index (χ1) is 28.7. The van der Waals surface area contributed by atoms with Crippen molar-refractivity contribution in [2.24, 2.45) is 0 Å². The molecule has 0 spiro atoms. The SMILES string of the molecule is c1ccc(-c2cc(-c3ccccc3)cc(-c3ccc(N(c4cccc(-c5ccc6ccccc6c5)c4)c4cccc5oc6c7ccccc7ccc6c45)cc3)c2)cc1. The van der Waals surface area contributed by atoms with Crippen molar-refractivity contribution in [3.05, 3.63) is 224 Å². The van der Waals surface area contributed by atoms with Crippen LogP contribution in [-0.4, -0.2) is 0 Å². The maximum atomic E-state index is 6.71. The molecule has 272 valence electrons. The summed E-state index contributed by atoms with van der Waals surface area (Å²) in [6, 6.07) is 80.7. The molecule has 1 heterocycles. The van der Waals surface area contributed by atoms with Gasteiger partial charge >= 0.3 is 0 Å². The zero-order chi connectivity index (χ0) is 38.4. The van der Waals surface area contributed by atoms with E-state index in [0.29, 0.717) is 0 Å². The van der Waals surface area contributed by atoms with Gasteiger partial charge in [0.05, 0.1) is 11.1 Å². The first-order valence-corrected chi connectivity index (χ1v) is 19.8. The van der Waals surface area contributed by atoms with Crippen LogP contribution in [0.4, 0.5) is 17.1 Å². The molecule has 1 aromatic heterocycles. The summed E-state index contributed by atoms with van der Waals surface area (Å²) in [7, 11) is 0. The molecule has 0 radical (unpaired) electrons. The van der Waals surface area contributed by atoms with Crippen molar-refractivity contribution in [3.63, 3.8) is 0 Å². The molecule has 10 aromatic carbocycles. The van der Waals surface area contributed by atoms with Crippen LogP contribution in [0.2, 0.25) is 0 Å². The number of rotatable bonds is 7. The standard InChI is InChI=1S/C56H37NO/c1-3-13-38(14-4-1)46-34-47(39-15-5-2-6-16-39)36-48(35-46)41-27-30-49(31-28-41)57(50-21-11-20-44(37-50)45-26-25-40-17-7-8-19-43(40)33-45)53-23-12-24-54-55(53)52-32-29-42-18-9-10-22-51(42)56(52)58-54/h1-37H. The zero-order valence-corrected chi connectivity index (χ0v) is 31.7. The highest BCUT2D eigenvalue weighted by Gasteiger charge is 2.21. The van der Waals surface area contributed by atoms with Gasteiger partial charge in [-0.05, 0) is 127 Å². The largest absolute Gasteiger partial charge is 0.455 e. The van der Waals surface area contributed by atoms with Crippen LogP contribution < -0.4 is 4.90 Å². The van der Waals surface area contributed by atoms with E-state index in [-0.39, 0.29) is 0 Å². The van der Waals surface area contributed by atoms with Gasteiger partial charge in [0.15, 0.2) is 0 Å². The molecule has 0 N–H and O–H groups in total. The molecule has 0 aliphatic heterocycles. The Bertz CT molecular complexity index is 3210. The molecule has 0 amide bonds. The molecule has 0 atom stereocenters. The van der Waals surface area contributed by atoms with Crippen LogP contribution in [0, 0.1) is 0 Å². The average Bonchev–Trinajstić information content (AvgIpc) is 3.70. The van der Waals surface area contributed by atoms with E-state index in [4.69, 9.17) is 4.42 Å². The number of fused-ring (bicyclic) bond motifs is 6. The van der Waals surface area contributed by atoms with Gasteiger partial charge in [-0.25, -0.2) is 0 Å². The fourth-order valence-corrected chi connectivity index (χ4v) is 8.53. The van der Waals surface area contributed by atoms with Crippen molar-refractivity contribution in [3.8, 4) is 44.5 Å². The summed E-state index contributed by atoms with van der Waals surface area (Å²) in [4.78, 5) is 2.39. The minimum Gasteiger partial charge on any atom is -0.455 e. The molecule has 0 saturated heterocycles. The van der Waals surface area contributed by atoms with Gasteiger partial charge in [0.1, 0.15) is 11.2 Å². The van der Waals surface area contributed by atoms with Crippen molar-refractivity contribution >= 4 is 60.5 Å². The molecule has 58 heavy (non-hydrogen) atoms. The summed E-state index contributed by atoms with van der Waals surface area (Å²) in [6.07, 6.45) is 0. The number of hydrogen-bond acceptors (Lipinski definition) is 2. The van der Waals surface area contributed by atoms with E-state index in [1.165, 1.54) is 44.2 Å². The minimum atomic E-state index is 0.863. The second kappa shape index (κ2) is 14.1. The number of nitrogens with zero attached hydrogens (tertiary/aromatic N) is 1. The second-order valence-corrected chi connectivity index (χ2v) is 14.9. The Kier molecular flexibility index (Phi) is 8.19. The van der Waals surface area contributed by atoms with Crippen molar-refractivity contribution in [1.29, 1.82) is 0 Å². The normalized spacial score (nSPS) is 11.4. The van der Waals surface area contributed by atoms with E-state index in [0.717, 1.165) is 60.9 Å². The molecule has 2 heteroatoms. The Morgan fingerprint density at radius 3 is 1.57 bits per heavy atom. The lowest BCUT2D eigenvalue weighted by atomic mass is 9.93. The van der Waals surface area contributed by atoms with Gasteiger partial charge in [-0.3, -0.25) is 0 Å². The van der Waals surface area contributed by atoms with Crippen LogP contribution in [0.1, 0.15) is 0 Å². The quantitative estimate of drug-likeness (QED) is 0.162. The van der Waals surface area contributed by atoms with Crippen LogP contribution in [-0.2, 0) is 0 Å². The van der Waals surface area contributed by atoms with E-state index < -0.39 is 0 Å². The molecule has 11 aromatic rings. The third kappa shape index (κ3) is 6.00. The lowest BCUT2D eigenvalue weighted by Gasteiger charge is -2.27. The first kappa shape index (κ1) is 33.6. The minimum absolute atomic E-state index is 0.863. The maximum Gasteiger partial charge on any atom is 0.143 e. The van der Waals surface area contributed by atoms with E-state index in [1.54, 1.807) is 0 Å². The molecular formula is C56H37NO. The number of anilines is 3. The van der Waals surface area contributed by atoms with E-state index in [2.05, 4.69) is 229 Å². The van der Waals surface area contributed by atoms with Crippen molar-refractivity contribution in [2.45, 2.75) is 0 Å². The van der Waals surface area contributed by atoms with Gasteiger partial charge in [0.2, 0.25) is 0 Å². The number of benzene rings is 10. The van der Waals surface area contributed by atoms with Crippen LogP contribution in [0.5, 0.6) is 0 Å². The lowest BCUT2D eigenvalue weighted by Crippen LogP contribution is -2.10. The highest BCUT2D eigenvalue weighted by molar-refractivity contribution is 6.19. The monoisotopic (exact) mass is 739 g/mol. The maximum absolute atomic E-state index is 6.71. The summed E-state index contributed by atoms with van der Waals surface area (Å²) in [5.41, 5.74) is 14.4. The van der Waals surface area contributed by atoms with Gasteiger partial charge in [-0.15, -0.1) is 0 Å². The topological polar surface area (TPSA) is 16.4 Å².